The van der Waals surface area contributed by atoms with Gasteiger partial charge < -0.3 is 20.3 Å². The zero-order valence-corrected chi connectivity index (χ0v) is 50.5. The predicted molar refractivity (Wildman–Crippen MR) is 329 cm³/mol. The highest BCUT2D eigenvalue weighted by Gasteiger charge is 2.18. The van der Waals surface area contributed by atoms with Gasteiger partial charge in [0.05, 0.1) is 25.4 Å². The molecule has 0 aromatic carbocycles. The Hall–Kier alpha value is -1.92. The van der Waals surface area contributed by atoms with Crippen LogP contribution in [0.4, 0.5) is 0 Å². The van der Waals surface area contributed by atoms with Crippen molar-refractivity contribution in [2.75, 3.05) is 13.2 Å². The molecule has 0 fully saturated rings. The Morgan fingerprint density at radius 1 is 0.373 bits per heavy atom. The maximum absolute atomic E-state index is 12.5. The first-order valence-corrected chi connectivity index (χ1v) is 33.8. The quantitative estimate of drug-likeness (QED) is 0.0320. The van der Waals surface area contributed by atoms with Gasteiger partial charge in [-0.1, -0.05) is 320 Å². The number of allylic oxidation sites excluding steroid dienone is 5. The second-order valence-electron chi connectivity index (χ2n) is 23.2. The average Bonchev–Trinajstić information content (AvgIpc) is 3.41. The summed E-state index contributed by atoms with van der Waals surface area (Å²) in [5, 5.41) is 23.2. The fourth-order valence-electron chi connectivity index (χ4n) is 10.5. The molecule has 6 heteroatoms. The third-order valence-corrected chi connectivity index (χ3v) is 15.7. The fraction of sp³-hybridized carbons (Fsp3) is 0.884. The highest BCUT2D eigenvalue weighted by molar-refractivity contribution is 5.76. The summed E-state index contributed by atoms with van der Waals surface area (Å²) in [5.74, 6) is -0.0921. The first kappa shape index (κ1) is 73.1. The number of amides is 1. The summed E-state index contributed by atoms with van der Waals surface area (Å²) in [6.07, 6.45) is 82.0. The minimum Gasteiger partial charge on any atom is -0.466 e. The number of rotatable bonds is 63. The highest BCUT2D eigenvalue weighted by Crippen LogP contribution is 2.18. The molecule has 0 aliphatic carbocycles. The second-order valence-corrected chi connectivity index (χ2v) is 23.2. The molecule has 0 heterocycles. The molecule has 0 aliphatic rings. The van der Waals surface area contributed by atoms with Gasteiger partial charge >= 0.3 is 5.97 Å². The second kappa shape index (κ2) is 64.6. The number of unbranched alkanes of at least 4 members (excludes halogenated alkanes) is 48. The smallest absolute Gasteiger partial charge is 0.305 e. The maximum Gasteiger partial charge on any atom is 0.305 e. The zero-order valence-electron chi connectivity index (χ0n) is 50.5. The number of esters is 1. The summed E-state index contributed by atoms with van der Waals surface area (Å²) < 4.78 is 5.48. The van der Waals surface area contributed by atoms with Crippen LogP contribution < -0.4 is 5.32 Å². The number of aliphatic hydroxyl groups excluding tert-OH is 2. The molecule has 0 radical (unpaired) electrons. The number of aliphatic hydroxyl groups is 2. The fourth-order valence-corrected chi connectivity index (χ4v) is 10.5. The van der Waals surface area contributed by atoms with E-state index in [9.17, 15) is 19.8 Å². The Balaban J connectivity index is 3.50. The molecule has 0 aliphatic heterocycles. The summed E-state index contributed by atoms with van der Waals surface area (Å²) >= 11 is 0. The van der Waals surface area contributed by atoms with Crippen LogP contribution in [0.5, 0.6) is 0 Å². The molecule has 75 heavy (non-hydrogen) atoms. The standard InChI is InChI=1S/C69H131NO5/c1-3-5-7-9-11-13-15-17-19-21-23-24-25-26-27-29-33-37-41-45-49-53-57-61-67(72)66(65-71)70-68(73)62-58-54-50-46-42-38-34-30-28-32-36-40-44-48-52-56-60-64-75-69(74)63-59-55-51-47-43-39-35-31-22-20-18-16-14-12-10-8-6-4-2/h28,32,40,44,57,61,66-67,71-72H,3-27,29-31,33-39,41-43,45-56,58-60,62-65H2,1-2H3,(H,70,73)/b32-28-,44-40-,61-57+. The first-order chi connectivity index (χ1) is 37.0. The number of carbonyl (C=O) groups is 2. The molecule has 1 amide bonds. The lowest BCUT2D eigenvalue weighted by Crippen LogP contribution is -2.45. The Labute approximate surface area is 468 Å². The van der Waals surface area contributed by atoms with E-state index in [2.05, 4.69) is 43.5 Å². The van der Waals surface area contributed by atoms with E-state index >= 15 is 0 Å². The van der Waals surface area contributed by atoms with E-state index in [-0.39, 0.29) is 18.5 Å². The van der Waals surface area contributed by atoms with Crippen molar-refractivity contribution < 1.29 is 24.5 Å². The molecule has 0 saturated heterocycles. The van der Waals surface area contributed by atoms with Crippen LogP contribution in [0.3, 0.4) is 0 Å². The zero-order chi connectivity index (χ0) is 54.3. The van der Waals surface area contributed by atoms with Crippen LogP contribution in [0, 0.1) is 0 Å². The maximum atomic E-state index is 12.5. The van der Waals surface area contributed by atoms with E-state index in [1.165, 1.54) is 257 Å². The largest absolute Gasteiger partial charge is 0.466 e. The van der Waals surface area contributed by atoms with Crippen molar-refractivity contribution in [1.29, 1.82) is 0 Å². The molecule has 0 aromatic rings. The van der Waals surface area contributed by atoms with Crippen LogP contribution in [-0.4, -0.2) is 47.4 Å². The number of nitrogens with one attached hydrogen (secondary N) is 1. The lowest BCUT2D eigenvalue weighted by atomic mass is 10.0. The van der Waals surface area contributed by atoms with Crippen molar-refractivity contribution in [3.8, 4) is 0 Å². The molecular formula is C69H131NO5. The Bertz CT molecular complexity index is 1210. The molecule has 442 valence electrons. The van der Waals surface area contributed by atoms with E-state index in [4.69, 9.17) is 4.74 Å². The molecule has 3 N–H and O–H groups in total. The normalized spacial score (nSPS) is 12.7. The predicted octanol–water partition coefficient (Wildman–Crippen LogP) is 21.5. The van der Waals surface area contributed by atoms with E-state index in [0.29, 0.717) is 19.4 Å². The molecule has 2 atom stereocenters. The van der Waals surface area contributed by atoms with Gasteiger partial charge in [-0.25, -0.2) is 0 Å². The van der Waals surface area contributed by atoms with E-state index in [1.54, 1.807) is 6.08 Å². The third-order valence-electron chi connectivity index (χ3n) is 15.7. The first-order valence-electron chi connectivity index (χ1n) is 33.8. The molecular weight excluding hydrogens is 923 g/mol. The van der Waals surface area contributed by atoms with Crippen LogP contribution in [0.25, 0.3) is 0 Å². The number of carbonyl (C=O) groups excluding carboxylic acids is 2. The topological polar surface area (TPSA) is 95.9 Å². The van der Waals surface area contributed by atoms with Gasteiger partial charge in [-0.3, -0.25) is 9.59 Å². The summed E-state index contributed by atoms with van der Waals surface area (Å²) in [7, 11) is 0. The highest BCUT2D eigenvalue weighted by atomic mass is 16.5. The van der Waals surface area contributed by atoms with Gasteiger partial charge in [-0.05, 0) is 70.6 Å². The van der Waals surface area contributed by atoms with Crippen molar-refractivity contribution in [2.24, 2.45) is 0 Å². The monoisotopic (exact) mass is 1050 g/mol. The average molecular weight is 1050 g/mol. The van der Waals surface area contributed by atoms with E-state index < -0.39 is 12.1 Å². The molecule has 2 unspecified atom stereocenters. The van der Waals surface area contributed by atoms with Crippen molar-refractivity contribution >= 4 is 11.9 Å². The van der Waals surface area contributed by atoms with Gasteiger partial charge in [-0.2, -0.15) is 0 Å². The SMILES string of the molecule is CCCCCCCCCCCCCCCCCCCCCCC/C=C/C(O)C(CO)NC(=O)CCCCCCCCC/C=C\C/C=C\CCCCCOC(=O)CCCCCCCCCCCCCCCCCCCC. The Kier molecular flexibility index (Phi) is 63.0. The summed E-state index contributed by atoms with van der Waals surface area (Å²) in [6, 6.07) is -0.642. The minimum atomic E-state index is -0.857. The molecule has 0 rings (SSSR count). The van der Waals surface area contributed by atoms with E-state index in [1.807, 2.05) is 6.08 Å². The Morgan fingerprint density at radius 2 is 0.667 bits per heavy atom. The molecule has 0 spiro atoms. The van der Waals surface area contributed by atoms with Gasteiger partial charge in [-0.15, -0.1) is 0 Å². The van der Waals surface area contributed by atoms with Gasteiger partial charge in [0.25, 0.3) is 0 Å². The lowest BCUT2D eigenvalue weighted by molar-refractivity contribution is -0.143. The van der Waals surface area contributed by atoms with Gasteiger partial charge in [0, 0.05) is 12.8 Å². The van der Waals surface area contributed by atoms with Gasteiger partial charge in [0.2, 0.25) is 5.91 Å². The number of hydrogen-bond donors (Lipinski definition) is 3. The molecule has 0 saturated carbocycles. The Morgan fingerprint density at radius 3 is 1.01 bits per heavy atom. The van der Waals surface area contributed by atoms with E-state index in [0.717, 1.165) is 83.5 Å². The summed E-state index contributed by atoms with van der Waals surface area (Å²) in [4.78, 5) is 24.6. The van der Waals surface area contributed by atoms with Crippen molar-refractivity contribution in [3.63, 3.8) is 0 Å². The number of hydrogen-bond acceptors (Lipinski definition) is 5. The van der Waals surface area contributed by atoms with Crippen LogP contribution in [0.2, 0.25) is 0 Å². The van der Waals surface area contributed by atoms with Crippen molar-refractivity contribution in [3.05, 3.63) is 36.5 Å². The van der Waals surface area contributed by atoms with Crippen molar-refractivity contribution in [2.45, 2.75) is 379 Å². The molecule has 6 nitrogen and oxygen atoms in total. The van der Waals surface area contributed by atoms with Crippen LogP contribution >= 0.6 is 0 Å². The van der Waals surface area contributed by atoms with Crippen LogP contribution in [-0.2, 0) is 14.3 Å². The summed E-state index contributed by atoms with van der Waals surface area (Å²) in [5.41, 5.74) is 0. The lowest BCUT2D eigenvalue weighted by Gasteiger charge is -2.20. The minimum absolute atomic E-state index is 0.0114. The molecule has 0 aromatic heterocycles. The number of ether oxygens (including phenoxy) is 1. The van der Waals surface area contributed by atoms with Crippen LogP contribution in [0.15, 0.2) is 36.5 Å². The summed E-state index contributed by atoms with van der Waals surface area (Å²) in [6.45, 7) is 4.89. The molecule has 0 bridgehead atoms. The van der Waals surface area contributed by atoms with Crippen LogP contribution in [0.1, 0.15) is 367 Å². The van der Waals surface area contributed by atoms with Gasteiger partial charge in [0.1, 0.15) is 0 Å². The van der Waals surface area contributed by atoms with Crippen molar-refractivity contribution in [1.82, 2.24) is 5.32 Å². The third kappa shape index (κ3) is 61.2. The van der Waals surface area contributed by atoms with Gasteiger partial charge in [0.15, 0.2) is 0 Å².